The van der Waals surface area contributed by atoms with Gasteiger partial charge in [0.1, 0.15) is 5.75 Å². The number of ether oxygens (including phenoxy) is 1. The predicted molar refractivity (Wildman–Crippen MR) is 106 cm³/mol. The summed E-state index contributed by atoms with van der Waals surface area (Å²) in [6, 6.07) is 19.9. The average Bonchev–Trinajstić information content (AvgIpc) is 2.71. The molecule has 0 bridgehead atoms. The normalized spacial score (nSPS) is 11.5. The molecule has 6 nitrogen and oxygen atoms in total. The van der Waals surface area contributed by atoms with Gasteiger partial charge in [-0.3, -0.25) is 25.2 Å². The molecule has 0 heterocycles. The van der Waals surface area contributed by atoms with Gasteiger partial charge in [0.2, 0.25) is 0 Å². The first-order chi connectivity index (χ1) is 13.4. The number of Topliss-reactive ketones (excluding diaryl/α,β-unsaturated/α-hetero) is 1. The zero-order valence-corrected chi connectivity index (χ0v) is 15.6. The van der Waals surface area contributed by atoms with Gasteiger partial charge < -0.3 is 4.74 Å². The molecule has 2 amide bonds. The molecule has 0 fully saturated rings. The molecule has 0 aliphatic carbocycles. The van der Waals surface area contributed by atoms with Crippen molar-refractivity contribution >= 4 is 28.4 Å². The van der Waals surface area contributed by atoms with Crippen molar-refractivity contribution in [2.24, 2.45) is 0 Å². The van der Waals surface area contributed by atoms with E-state index in [0.29, 0.717) is 5.75 Å². The highest BCUT2D eigenvalue weighted by molar-refractivity contribution is 6.42. The molecule has 3 aromatic carbocycles. The summed E-state index contributed by atoms with van der Waals surface area (Å²) in [4.78, 5) is 36.2. The van der Waals surface area contributed by atoms with Crippen molar-refractivity contribution in [3.8, 4) is 5.75 Å². The molecule has 0 spiro atoms. The van der Waals surface area contributed by atoms with Crippen LogP contribution in [0.3, 0.4) is 0 Å². The molecular weight excluding hydrogens is 356 g/mol. The summed E-state index contributed by atoms with van der Waals surface area (Å²) in [5.41, 5.74) is 5.57. The maximum atomic E-state index is 12.2. The number of hydrogen-bond donors (Lipinski definition) is 2. The third-order valence-corrected chi connectivity index (χ3v) is 4.22. The van der Waals surface area contributed by atoms with Gasteiger partial charge in [-0.25, -0.2) is 0 Å². The number of rotatable bonds is 5. The lowest BCUT2D eigenvalue weighted by Gasteiger charge is -2.15. The third kappa shape index (κ3) is 4.54. The number of ketones is 1. The van der Waals surface area contributed by atoms with Crippen LogP contribution in [0.2, 0.25) is 0 Å². The summed E-state index contributed by atoms with van der Waals surface area (Å²) in [5, 5.41) is 2.05. The molecule has 0 aromatic heterocycles. The number of amides is 2. The third-order valence-electron chi connectivity index (χ3n) is 4.22. The second-order valence-electron chi connectivity index (χ2n) is 6.41. The Morgan fingerprint density at radius 1 is 0.857 bits per heavy atom. The van der Waals surface area contributed by atoms with E-state index in [1.807, 2.05) is 43.3 Å². The SMILES string of the molecule is Cc1ccc(C(=O)C(=O)NNC(=O)C(C)Oc2ccc3ccccc3c2)cc1. The fourth-order valence-corrected chi connectivity index (χ4v) is 2.61. The molecular formula is C22H20N2O4. The summed E-state index contributed by atoms with van der Waals surface area (Å²) >= 11 is 0. The van der Waals surface area contributed by atoms with E-state index in [1.54, 1.807) is 37.3 Å². The molecule has 0 saturated heterocycles. The van der Waals surface area contributed by atoms with Gasteiger partial charge in [-0.2, -0.15) is 0 Å². The van der Waals surface area contributed by atoms with E-state index in [4.69, 9.17) is 4.74 Å². The minimum atomic E-state index is -0.921. The van der Waals surface area contributed by atoms with Crippen LogP contribution in [0.1, 0.15) is 22.8 Å². The molecule has 3 aromatic rings. The first-order valence-electron chi connectivity index (χ1n) is 8.80. The van der Waals surface area contributed by atoms with Crippen molar-refractivity contribution in [1.29, 1.82) is 0 Å². The molecule has 0 aliphatic heterocycles. The Morgan fingerprint density at radius 2 is 1.54 bits per heavy atom. The standard InChI is InChI=1S/C22H20N2O4/c1-14-7-9-17(10-8-14)20(25)22(27)24-23-21(26)15(2)28-19-12-11-16-5-3-4-6-18(16)13-19/h3-13,15H,1-2H3,(H,23,26)(H,24,27). The Kier molecular flexibility index (Phi) is 5.69. The highest BCUT2D eigenvalue weighted by Crippen LogP contribution is 2.21. The van der Waals surface area contributed by atoms with E-state index in [9.17, 15) is 14.4 Å². The van der Waals surface area contributed by atoms with E-state index in [1.165, 1.54) is 0 Å². The van der Waals surface area contributed by atoms with Gasteiger partial charge in [0.05, 0.1) is 0 Å². The van der Waals surface area contributed by atoms with Crippen molar-refractivity contribution in [1.82, 2.24) is 10.9 Å². The van der Waals surface area contributed by atoms with Crippen molar-refractivity contribution in [3.63, 3.8) is 0 Å². The number of fused-ring (bicyclic) bond motifs is 1. The van der Waals surface area contributed by atoms with Crippen molar-refractivity contribution < 1.29 is 19.1 Å². The number of nitrogens with one attached hydrogen (secondary N) is 2. The minimum absolute atomic E-state index is 0.248. The lowest BCUT2D eigenvalue weighted by Crippen LogP contribution is -2.49. The summed E-state index contributed by atoms with van der Waals surface area (Å²) in [5.74, 6) is -1.69. The number of hydrogen-bond acceptors (Lipinski definition) is 4. The molecule has 0 radical (unpaired) electrons. The molecule has 2 N–H and O–H groups in total. The van der Waals surface area contributed by atoms with Crippen molar-refractivity contribution in [3.05, 3.63) is 77.9 Å². The van der Waals surface area contributed by atoms with Crippen LogP contribution >= 0.6 is 0 Å². The van der Waals surface area contributed by atoms with Gasteiger partial charge in [0.15, 0.2) is 6.10 Å². The predicted octanol–water partition coefficient (Wildman–Crippen LogP) is 2.95. The second-order valence-corrected chi connectivity index (χ2v) is 6.41. The van der Waals surface area contributed by atoms with Gasteiger partial charge >= 0.3 is 5.91 Å². The van der Waals surface area contributed by atoms with Crippen LogP contribution in [0.4, 0.5) is 0 Å². The highest BCUT2D eigenvalue weighted by atomic mass is 16.5. The highest BCUT2D eigenvalue weighted by Gasteiger charge is 2.19. The Bertz CT molecular complexity index is 1030. The lowest BCUT2D eigenvalue weighted by molar-refractivity contribution is -0.131. The summed E-state index contributed by atoms with van der Waals surface area (Å²) < 4.78 is 5.63. The molecule has 1 atom stereocenters. The Hall–Kier alpha value is -3.67. The van der Waals surface area contributed by atoms with Gasteiger partial charge in [-0.05, 0) is 36.8 Å². The first kappa shape index (κ1) is 19.1. The Balaban J connectivity index is 1.55. The molecule has 1 unspecified atom stereocenters. The van der Waals surface area contributed by atoms with Crippen LogP contribution in [0.25, 0.3) is 10.8 Å². The Labute approximate surface area is 162 Å². The minimum Gasteiger partial charge on any atom is -0.481 e. The maximum Gasteiger partial charge on any atom is 0.310 e. The van der Waals surface area contributed by atoms with E-state index < -0.39 is 23.7 Å². The zero-order chi connectivity index (χ0) is 20.1. The number of hydrazine groups is 1. The molecule has 3 rings (SSSR count). The summed E-state index contributed by atoms with van der Waals surface area (Å²) in [6.07, 6.45) is -0.865. The number of carbonyl (C=O) groups excluding carboxylic acids is 3. The number of carbonyl (C=O) groups is 3. The first-order valence-corrected chi connectivity index (χ1v) is 8.80. The average molecular weight is 376 g/mol. The van der Waals surface area contributed by atoms with Gasteiger partial charge in [-0.1, -0.05) is 60.2 Å². The van der Waals surface area contributed by atoms with Crippen LogP contribution in [0.5, 0.6) is 5.75 Å². The fraction of sp³-hybridized carbons (Fsp3) is 0.136. The van der Waals surface area contributed by atoms with E-state index in [2.05, 4.69) is 10.9 Å². The molecule has 0 aliphatic rings. The van der Waals surface area contributed by atoms with E-state index in [-0.39, 0.29) is 5.56 Å². The van der Waals surface area contributed by atoms with Gasteiger partial charge in [0.25, 0.3) is 11.7 Å². The van der Waals surface area contributed by atoms with Crippen molar-refractivity contribution in [2.75, 3.05) is 0 Å². The van der Waals surface area contributed by atoms with Gasteiger partial charge in [0, 0.05) is 5.56 Å². The monoisotopic (exact) mass is 376 g/mol. The van der Waals surface area contributed by atoms with Crippen LogP contribution < -0.4 is 15.6 Å². The van der Waals surface area contributed by atoms with E-state index in [0.717, 1.165) is 16.3 Å². The van der Waals surface area contributed by atoms with Crippen LogP contribution in [0, 0.1) is 6.92 Å². The molecule has 6 heteroatoms. The van der Waals surface area contributed by atoms with Gasteiger partial charge in [-0.15, -0.1) is 0 Å². The van der Waals surface area contributed by atoms with E-state index >= 15 is 0 Å². The van der Waals surface area contributed by atoms with Crippen LogP contribution in [-0.2, 0) is 9.59 Å². The zero-order valence-electron chi connectivity index (χ0n) is 15.6. The maximum absolute atomic E-state index is 12.2. The second kappa shape index (κ2) is 8.35. The van der Waals surface area contributed by atoms with Crippen LogP contribution in [0.15, 0.2) is 66.7 Å². The smallest absolute Gasteiger partial charge is 0.310 e. The molecule has 142 valence electrons. The Morgan fingerprint density at radius 3 is 2.25 bits per heavy atom. The fourth-order valence-electron chi connectivity index (χ4n) is 2.61. The topological polar surface area (TPSA) is 84.5 Å². The number of aryl methyl sites for hydroxylation is 1. The quantitative estimate of drug-likeness (QED) is 0.407. The molecule has 28 heavy (non-hydrogen) atoms. The van der Waals surface area contributed by atoms with Crippen molar-refractivity contribution in [2.45, 2.75) is 20.0 Å². The largest absolute Gasteiger partial charge is 0.481 e. The lowest BCUT2D eigenvalue weighted by atomic mass is 10.1. The molecule has 0 saturated carbocycles. The van der Waals surface area contributed by atoms with Crippen LogP contribution in [-0.4, -0.2) is 23.7 Å². The number of benzene rings is 3. The summed E-state index contributed by atoms with van der Waals surface area (Å²) in [6.45, 7) is 3.43. The summed E-state index contributed by atoms with van der Waals surface area (Å²) in [7, 11) is 0.